The third-order valence-electron chi connectivity index (χ3n) is 1.60. The molecular weight excluding hydrogens is 216 g/mol. The first-order valence-electron chi connectivity index (χ1n) is 4.64. The third kappa shape index (κ3) is 4.85. The number of rotatable bonds is 6. The molecule has 0 aliphatic heterocycles. The fourth-order valence-corrected chi connectivity index (χ4v) is 1.63. The zero-order valence-electron chi connectivity index (χ0n) is 8.52. The van der Waals surface area contributed by atoms with Crippen molar-refractivity contribution in [3.8, 4) is 0 Å². The van der Waals surface area contributed by atoms with Gasteiger partial charge in [-0.15, -0.1) is 0 Å². The Bertz CT molecular complexity index is 314. The van der Waals surface area contributed by atoms with E-state index in [1.807, 2.05) is 0 Å². The molecule has 0 aliphatic carbocycles. The van der Waals surface area contributed by atoms with Crippen molar-refractivity contribution in [1.82, 2.24) is 5.16 Å². The van der Waals surface area contributed by atoms with Crippen molar-refractivity contribution in [2.45, 2.75) is 13.3 Å². The van der Waals surface area contributed by atoms with E-state index in [1.165, 1.54) is 0 Å². The van der Waals surface area contributed by atoms with E-state index in [9.17, 15) is 4.79 Å². The summed E-state index contributed by atoms with van der Waals surface area (Å²) < 4.78 is 4.81. The van der Waals surface area contributed by atoms with E-state index >= 15 is 0 Å². The Morgan fingerprint density at radius 1 is 1.67 bits per heavy atom. The molecule has 0 unspecified atom stereocenters. The predicted octanol–water partition coefficient (Wildman–Crippen LogP) is 1.04. The highest BCUT2D eigenvalue weighted by Gasteiger charge is 2.05. The second kappa shape index (κ2) is 6.47. The van der Waals surface area contributed by atoms with Gasteiger partial charge in [0.05, 0.1) is 6.61 Å². The predicted molar refractivity (Wildman–Crippen MR) is 58.9 cm³/mol. The summed E-state index contributed by atoms with van der Waals surface area (Å²) in [4.78, 5) is 11.3. The molecule has 6 heteroatoms. The second-order valence-corrected chi connectivity index (χ2v) is 4.18. The summed E-state index contributed by atoms with van der Waals surface area (Å²) in [5.41, 5.74) is 0. The molecule has 0 radical (unpaired) electrons. The van der Waals surface area contributed by atoms with Crippen molar-refractivity contribution in [3.05, 3.63) is 11.8 Å². The largest absolute Gasteiger partial charge is 0.396 e. The van der Waals surface area contributed by atoms with Crippen LogP contribution in [-0.4, -0.2) is 34.3 Å². The normalized spacial score (nSPS) is 10.3. The van der Waals surface area contributed by atoms with Crippen LogP contribution in [0.5, 0.6) is 0 Å². The van der Waals surface area contributed by atoms with Crippen LogP contribution in [0.15, 0.2) is 10.6 Å². The fourth-order valence-electron chi connectivity index (χ4n) is 0.962. The van der Waals surface area contributed by atoms with E-state index in [2.05, 4.69) is 10.5 Å². The van der Waals surface area contributed by atoms with Crippen LogP contribution in [-0.2, 0) is 4.79 Å². The number of amides is 1. The van der Waals surface area contributed by atoms with Gasteiger partial charge < -0.3 is 14.9 Å². The molecular formula is C9H14N2O3S. The Kier molecular flexibility index (Phi) is 5.20. The van der Waals surface area contributed by atoms with Crippen molar-refractivity contribution in [2.24, 2.45) is 0 Å². The van der Waals surface area contributed by atoms with Crippen LogP contribution in [0.1, 0.15) is 12.2 Å². The molecule has 1 amide bonds. The Labute approximate surface area is 92.2 Å². The van der Waals surface area contributed by atoms with E-state index in [1.54, 1.807) is 24.8 Å². The number of anilines is 1. The number of hydrogen-bond acceptors (Lipinski definition) is 5. The van der Waals surface area contributed by atoms with Gasteiger partial charge in [0.15, 0.2) is 5.82 Å². The van der Waals surface area contributed by atoms with Crippen LogP contribution in [0.3, 0.4) is 0 Å². The molecule has 15 heavy (non-hydrogen) atoms. The minimum absolute atomic E-state index is 0.0891. The Morgan fingerprint density at radius 3 is 3.07 bits per heavy atom. The molecule has 2 N–H and O–H groups in total. The van der Waals surface area contributed by atoms with E-state index in [-0.39, 0.29) is 12.5 Å². The molecule has 1 aromatic heterocycles. The van der Waals surface area contributed by atoms with Gasteiger partial charge in [0.2, 0.25) is 5.91 Å². The van der Waals surface area contributed by atoms with E-state index < -0.39 is 0 Å². The summed E-state index contributed by atoms with van der Waals surface area (Å²) in [6.45, 7) is 1.91. The minimum Gasteiger partial charge on any atom is -0.396 e. The van der Waals surface area contributed by atoms with Gasteiger partial charge in [-0.1, -0.05) is 5.16 Å². The SMILES string of the molecule is Cc1cc(NC(=O)CCSCCO)no1. The summed E-state index contributed by atoms with van der Waals surface area (Å²) in [7, 11) is 0. The van der Waals surface area contributed by atoms with E-state index in [0.717, 1.165) is 0 Å². The fraction of sp³-hybridized carbons (Fsp3) is 0.556. The lowest BCUT2D eigenvalue weighted by Crippen LogP contribution is -2.12. The zero-order chi connectivity index (χ0) is 11.1. The zero-order valence-corrected chi connectivity index (χ0v) is 9.34. The molecule has 0 atom stereocenters. The average molecular weight is 230 g/mol. The average Bonchev–Trinajstić information content (AvgIpc) is 2.59. The maximum Gasteiger partial charge on any atom is 0.226 e. The van der Waals surface area contributed by atoms with Crippen LogP contribution in [0.25, 0.3) is 0 Å². The Balaban J connectivity index is 2.18. The van der Waals surface area contributed by atoms with Gasteiger partial charge in [-0.3, -0.25) is 4.79 Å². The maximum atomic E-state index is 11.3. The summed E-state index contributed by atoms with van der Waals surface area (Å²) in [5.74, 6) is 2.39. The van der Waals surface area contributed by atoms with Crippen LogP contribution in [0.2, 0.25) is 0 Å². The van der Waals surface area contributed by atoms with Crippen molar-refractivity contribution in [3.63, 3.8) is 0 Å². The molecule has 5 nitrogen and oxygen atoms in total. The summed E-state index contributed by atoms with van der Waals surface area (Å²) in [6, 6.07) is 1.67. The first-order valence-corrected chi connectivity index (χ1v) is 5.79. The molecule has 1 rings (SSSR count). The summed E-state index contributed by atoms with van der Waals surface area (Å²) >= 11 is 1.54. The molecule has 0 saturated heterocycles. The van der Waals surface area contributed by atoms with Crippen molar-refractivity contribution in [1.29, 1.82) is 0 Å². The van der Waals surface area contributed by atoms with Gasteiger partial charge in [-0.25, -0.2) is 0 Å². The highest BCUT2D eigenvalue weighted by atomic mass is 32.2. The van der Waals surface area contributed by atoms with Gasteiger partial charge >= 0.3 is 0 Å². The Morgan fingerprint density at radius 2 is 2.47 bits per heavy atom. The van der Waals surface area contributed by atoms with Crippen molar-refractivity contribution >= 4 is 23.5 Å². The van der Waals surface area contributed by atoms with E-state index in [4.69, 9.17) is 9.63 Å². The molecule has 84 valence electrons. The lowest BCUT2D eigenvalue weighted by Gasteiger charge is -2.00. The molecule has 0 bridgehead atoms. The van der Waals surface area contributed by atoms with Gasteiger partial charge in [-0.05, 0) is 6.92 Å². The van der Waals surface area contributed by atoms with Crippen LogP contribution in [0, 0.1) is 6.92 Å². The number of aliphatic hydroxyl groups excluding tert-OH is 1. The number of aryl methyl sites for hydroxylation is 1. The monoisotopic (exact) mass is 230 g/mol. The molecule has 0 spiro atoms. The summed E-state index contributed by atoms with van der Waals surface area (Å²) in [6.07, 6.45) is 0.413. The van der Waals surface area contributed by atoms with Gasteiger partial charge in [0.25, 0.3) is 0 Å². The van der Waals surface area contributed by atoms with Crippen LogP contribution < -0.4 is 5.32 Å². The molecule has 1 heterocycles. The molecule has 0 aliphatic rings. The highest BCUT2D eigenvalue weighted by Crippen LogP contribution is 2.08. The molecule has 0 aromatic carbocycles. The first-order chi connectivity index (χ1) is 7.22. The topological polar surface area (TPSA) is 75.4 Å². The second-order valence-electron chi connectivity index (χ2n) is 2.96. The lowest BCUT2D eigenvalue weighted by atomic mass is 10.4. The number of carbonyl (C=O) groups excluding carboxylic acids is 1. The van der Waals surface area contributed by atoms with Crippen LogP contribution >= 0.6 is 11.8 Å². The standard InChI is InChI=1S/C9H14N2O3S/c1-7-6-8(11-14-7)10-9(13)2-4-15-5-3-12/h6,12H,2-5H2,1H3,(H,10,11,13). The van der Waals surface area contributed by atoms with Gasteiger partial charge in [0, 0.05) is 24.0 Å². The number of aliphatic hydroxyl groups is 1. The highest BCUT2D eigenvalue weighted by molar-refractivity contribution is 7.99. The number of aromatic nitrogens is 1. The van der Waals surface area contributed by atoms with Crippen molar-refractivity contribution in [2.75, 3.05) is 23.4 Å². The van der Waals surface area contributed by atoms with Gasteiger partial charge in [0.1, 0.15) is 5.76 Å². The Hall–Kier alpha value is -1.01. The van der Waals surface area contributed by atoms with Crippen LogP contribution in [0.4, 0.5) is 5.82 Å². The van der Waals surface area contributed by atoms with Gasteiger partial charge in [-0.2, -0.15) is 11.8 Å². The summed E-state index contributed by atoms with van der Waals surface area (Å²) in [5, 5.41) is 14.8. The number of nitrogens with zero attached hydrogens (tertiary/aromatic N) is 1. The smallest absolute Gasteiger partial charge is 0.226 e. The number of hydrogen-bond donors (Lipinski definition) is 2. The maximum absolute atomic E-state index is 11.3. The molecule has 0 saturated carbocycles. The number of thioether (sulfide) groups is 1. The number of carbonyl (C=O) groups is 1. The lowest BCUT2D eigenvalue weighted by molar-refractivity contribution is -0.115. The quantitative estimate of drug-likeness (QED) is 0.714. The molecule has 0 fully saturated rings. The third-order valence-corrected chi connectivity index (χ3v) is 2.57. The van der Waals surface area contributed by atoms with E-state index in [0.29, 0.717) is 29.5 Å². The minimum atomic E-state index is -0.0891. The van der Waals surface area contributed by atoms with Crippen molar-refractivity contribution < 1.29 is 14.4 Å². The molecule has 1 aromatic rings. The first kappa shape index (κ1) is 12.1. The number of nitrogens with one attached hydrogen (secondary N) is 1.